The summed E-state index contributed by atoms with van der Waals surface area (Å²) in [6, 6.07) is 11.5. The lowest BCUT2D eigenvalue weighted by atomic mass is 10.1. The van der Waals surface area contributed by atoms with Gasteiger partial charge < -0.3 is 14.5 Å². The maximum atomic E-state index is 12.1. The van der Waals surface area contributed by atoms with E-state index in [0.29, 0.717) is 19.4 Å². The van der Waals surface area contributed by atoms with Crippen molar-refractivity contribution in [1.82, 2.24) is 5.32 Å². The maximum Gasteiger partial charge on any atom is 0.220 e. The van der Waals surface area contributed by atoms with Gasteiger partial charge in [-0.05, 0) is 51.0 Å². The van der Waals surface area contributed by atoms with E-state index in [-0.39, 0.29) is 11.9 Å². The van der Waals surface area contributed by atoms with Crippen LogP contribution >= 0.6 is 0 Å². The van der Waals surface area contributed by atoms with E-state index in [1.807, 2.05) is 57.2 Å². The summed E-state index contributed by atoms with van der Waals surface area (Å²) in [5.41, 5.74) is 1.06. The fraction of sp³-hybridized carbons (Fsp3) is 0.389. The first-order valence-corrected chi connectivity index (χ1v) is 7.66. The van der Waals surface area contributed by atoms with Crippen LogP contribution in [0.4, 0.5) is 0 Å². The summed E-state index contributed by atoms with van der Waals surface area (Å²) in [6.45, 7) is 6.39. The summed E-state index contributed by atoms with van der Waals surface area (Å²) in [6.07, 6.45) is 1.08. The van der Waals surface area contributed by atoms with Crippen LogP contribution in [0, 0.1) is 6.92 Å². The number of ether oxygens (including phenoxy) is 1. The first kappa shape index (κ1) is 16.1. The third kappa shape index (κ3) is 4.38. The first-order chi connectivity index (χ1) is 10.6. The van der Waals surface area contributed by atoms with Crippen molar-refractivity contribution in [2.75, 3.05) is 6.61 Å². The first-order valence-electron chi connectivity index (χ1n) is 7.66. The molecule has 1 atom stereocenters. The van der Waals surface area contributed by atoms with Gasteiger partial charge in [-0.25, -0.2) is 0 Å². The molecule has 1 aromatic heterocycles. The summed E-state index contributed by atoms with van der Waals surface area (Å²) in [7, 11) is 0. The molecular weight excluding hydrogens is 278 g/mol. The number of para-hydroxylation sites is 1. The van der Waals surface area contributed by atoms with Gasteiger partial charge in [0, 0.05) is 6.42 Å². The predicted octanol–water partition coefficient (Wildman–Crippen LogP) is 3.80. The van der Waals surface area contributed by atoms with Gasteiger partial charge in [-0.2, -0.15) is 0 Å². The largest absolute Gasteiger partial charge is 0.494 e. The molecule has 0 radical (unpaired) electrons. The van der Waals surface area contributed by atoms with Gasteiger partial charge in [0.1, 0.15) is 17.3 Å². The topological polar surface area (TPSA) is 51.5 Å². The lowest BCUT2D eigenvalue weighted by molar-refractivity contribution is -0.121. The number of nitrogens with one attached hydrogen (secondary N) is 1. The van der Waals surface area contributed by atoms with Crippen LogP contribution < -0.4 is 10.1 Å². The number of furan rings is 1. The fourth-order valence-electron chi connectivity index (χ4n) is 2.33. The van der Waals surface area contributed by atoms with Crippen LogP contribution in [0.1, 0.15) is 43.4 Å². The number of hydrogen-bond acceptors (Lipinski definition) is 3. The van der Waals surface area contributed by atoms with Gasteiger partial charge in [0.15, 0.2) is 0 Å². The van der Waals surface area contributed by atoms with E-state index in [4.69, 9.17) is 9.15 Å². The van der Waals surface area contributed by atoms with Crippen molar-refractivity contribution in [3.05, 3.63) is 53.5 Å². The Morgan fingerprint density at radius 2 is 2.05 bits per heavy atom. The van der Waals surface area contributed by atoms with Crippen molar-refractivity contribution >= 4 is 5.91 Å². The number of carbonyl (C=O) groups excluding carboxylic acids is 1. The van der Waals surface area contributed by atoms with Crippen molar-refractivity contribution in [3.63, 3.8) is 0 Å². The molecule has 0 fully saturated rings. The number of carbonyl (C=O) groups is 1. The van der Waals surface area contributed by atoms with E-state index in [2.05, 4.69) is 5.32 Å². The van der Waals surface area contributed by atoms with Gasteiger partial charge in [-0.15, -0.1) is 0 Å². The zero-order valence-corrected chi connectivity index (χ0v) is 13.4. The molecule has 22 heavy (non-hydrogen) atoms. The molecule has 0 bridgehead atoms. The molecule has 4 nitrogen and oxygen atoms in total. The van der Waals surface area contributed by atoms with Crippen LogP contribution in [0.15, 0.2) is 40.8 Å². The van der Waals surface area contributed by atoms with Gasteiger partial charge >= 0.3 is 0 Å². The van der Waals surface area contributed by atoms with Crippen LogP contribution in [-0.4, -0.2) is 12.5 Å². The second kappa shape index (κ2) is 7.69. The van der Waals surface area contributed by atoms with Crippen molar-refractivity contribution in [1.29, 1.82) is 0 Å². The molecule has 0 aliphatic heterocycles. The van der Waals surface area contributed by atoms with Crippen molar-refractivity contribution in [2.45, 2.75) is 39.7 Å². The van der Waals surface area contributed by atoms with Crippen molar-refractivity contribution in [2.24, 2.45) is 0 Å². The Morgan fingerprint density at radius 1 is 1.27 bits per heavy atom. The van der Waals surface area contributed by atoms with Gasteiger partial charge in [-0.1, -0.05) is 18.2 Å². The minimum atomic E-state index is -0.122. The highest BCUT2D eigenvalue weighted by Crippen LogP contribution is 2.20. The average Bonchev–Trinajstić information content (AvgIpc) is 2.93. The Kier molecular flexibility index (Phi) is 5.64. The Hall–Kier alpha value is -2.23. The third-order valence-corrected chi connectivity index (χ3v) is 3.46. The minimum absolute atomic E-state index is 0.00727. The van der Waals surface area contributed by atoms with Crippen LogP contribution in [0.25, 0.3) is 0 Å². The van der Waals surface area contributed by atoms with Crippen molar-refractivity contribution < 1.29 is 13.9 Å². The fourth-order valence-corrected chi connectivity index (χ4v) is 2.33. The Morgan fingerprint density at radius 3 is 2.73 bits per heavy atom. The van der Waals surface area contributed by atoms with Crippen molar-refractivity contribution in [3.8, 4) is 5.75 Å². The molecule has 1 N–H and O–H groups in total. The molecule has 2 rings (SSSR count). The number of hydrogen-bond donors (Lipinski definition) is 1. The van der Waals surface area contributed by atoms with Gasteiger partial charge in [0.05, 0.1) is 12.6 Å². The van der Waals surface area contributed by atoms with Crippen LogP contribution in [0.3, 0.4) is 0 Å². The Labute approximate surface area is 131 Å². The van der Waals surface area contributed by atoms with E-state index in [1.165, 1.54) is 0 Å². The molecule has 1 amide bonds. The third-order valence-electron chi connectivity index (χ3n) is 3.46. The highest BCUT2D eigenvalue weighted by molar-refractivity contribution is 5.76. The quantitative estimate of drug-likeness (QED) is 0.846. The second-order valence-corrected chi connectivity index (χ2v) is 5.28. The molecule has 0 saturated carbocycles. The molecule has 1 aromatic carbocycles. The summed E-state index contributed by atoms with van der Waals surface area (Å²) >= 11 is 0. The van der Waals surface area contributed by atoms with E-state index in [1.54, 1.807) is 0 Å². The van der Waals surface area contributed by atoms with Gasteiger partial charge in [0.25, 0.3) is 0 Å². The smallest absolute Gasteiger partial charge is 0.220 e. The standard InChI is InChI=1S/C18H23NO3/c1-4-21-17-8-6-5-7-15(17)10-12-18(20)19-14(3)16-11-9-13(2)22-16/h5-9,11,14H,4,10,12H2,1-3H3,(H,19,20). The Balaban J connectivity index is 1.88. The van der Waals surface area contributed by atoms with E-state index in [0.717, 1.165) is 22.8 Å². The molecule has 4 heteroatoms. The summed E-state index contributed by atoms with van der Waals surface area (Å²) in [4.78, 5) is 12.1. The normalized spacial score (nSPS) is 12.0. The van der Waals surface area contributed by atoms with E-state index >= 15 is 0 Å². The highest BCUT2D eigenvalue weighted by atomic mass is 16.5. The van der Waals surface area contributed by atoms with Crippen LogP contribution in [0.2, 0.25) is 0 Å². The van der Waals surface area contributed by atoms with Gasteiger partial charge in [-0.3, -0.25) is 4.79 Å². The van der Waals surface area contributed by atoms with Crippen LogP contribution in [0.5, 0.6) is 5.75 Å². The van der Waals surface area contributed by atoms with Gasteiger partial charge in [0.2, 0.25) is 5.91 Å². The molecule has 0 aliphatic carbocycles. The number of benzene rings is 1. The van der Waals surface area contributed by atoms with E-state index < -0.39 is 0 Å². The molecule has 2 aromatic rings. The molecule has 0 saturated heterocycles. The lowest BCUT2D eigenvalue weighted by Crippen LogP contribution is -2.26. The SMILES string of the molecule is CCOc1ccccc1CCC(=O)NC(C)c1ccc(C)o1. The molecule has 1 heterocycles. The summed E-state index contributed by atoms with van der Waals surface area (Å²) in [5, 5.41) is 2.96. The molecule has 118 valence electrons. The van der Waals surface area contributed by atoms with Crippen LogP contribution in [-0.2, 0) is 11.2 Å². The Bertz CT molecular complexity index is 618. The minimum Gasteiger partial charge on any atom is -0.494 e. The number of rotatable bonds is 7. The highest BCUT2D eigenvalue weighted by Gasteiger charge is 2.13. The maximum absolute atomic E-state index is 12.1. The summed E-state index contributed by atoms with van der Waals surface area (Å²) in [5.74, 6) is 2.49. The van der Waals surface area contributed by atoms with E-state index in [9.17, 15) is 4.79 Å². The molecule has 1 unspecified atom stereocenters. The molecule has 0 aliphatic rings. The second-order valence-electron chi connectivity index (χ2n) is 5.28. The monoisotopic (exact) mass is 301 g/mol. The zero-order valence-electron chi connectivity index (χ0n) is 13.4. The zero-order chi connectivity index (χ0) is 15.9. The average molecular weight is 301 g/mol. The lowest BCUT2D eigenvalue weighted by Gasteiger charge is -2.13. The predicted molar refractivity (Wildman–Crippen MR) is 85.9 cm³/mol. The molecular formula is C18H23NO3. The number of amides is 1. The summed E-state index contributed by atoms with van der Waals surface area (Å²) < 4.78 is 11.1. The molecule has 0 spiro atoms. The number of aryl methyl sites for hydroxylation is 2.